The minimum absolute atomic E-state index is 0.0822. The van der Waals surface area contributed by atoms with Gasteiger partial charge in [0.05, 0.1) is 0 Å². The lowest BCUT2D eigenvalue weighted by Crippen LogP contribution is -2.24. The predicted octanol–water partition coefficient (Wildman–Crippen LogP) is 3.51. The first-order valence-electron chi connectivity index (χ1n) is 7.88. The van der Waals surface area contributed by atoms with E-state index in [0.717, 1.165) is 16.8 Å². The molecule has 0 spiro atoms. The minimum Gasteiger partial charge on any atom is -0.348 e. The number of benzene rings is 2. The summed E-state index contributed by atoms with van der Waals surface area (Å²) in [6, 6.07) is 19.8. The third-order valence-electron chi connectivity index (χ3n) is 3.90. The smallest absolute Gasteiger partial charge is 0.255 e. The van der Waals surface area contributed by atoms with Crippen LogP contribution in [0.1, 0.15) is 21.5 Å². The van der Waals surface area contributed by atoms with Gasteiger partial charge in [-0.25, -0.2) is 0 Å². The van der Waals surface area contributed by atoms with Gasteiger partial charge in [0.1, 0.15) is 0 Å². The van der Waals surface area contributed by atoms with E-state index in [9.17, 15) is 9.59 Å². The molecule has 126 valence electrons. The predicted molar refractivity (Wildman–Crippen MR) is 99.2 cm³/mol. The summed E-state index contributed by atoms with van der Waals surface area (Å²) in [5.74, 6) is 0.143. The van der Waals surface area contributed by atoms with Crippen LogP contribution in [-0.4, -0.2) is 10.5 Å². The van der Waals surface area contributed by atoms with Gasteiger partial charge in [-0.3, -0.25) is 14.2 Å². The Morgan fingerprint density at radius 1 is 0.960 bits per heavy atom. The van der Waals surface area contributed by atoms with Crippen molar-refractivity contribution in [1.29, 1.82) is 0 Å². The molecule has 0 saturated carbocycles. The number of hydrogen-bond acceptors (Lipinski definition) is 2. The van der Waals surface area contributed by atoms with Crippen LogP contribution in [0.25, 0.3) is 5.69 Å². The molecule has 3 aromatic rings. The van der Waals surface area contributed by atoms with Crippen LogP contribution in [0.4, 0.5) is 0 Å². The van der Waals surface area contributed by atoms with Gasteiger partial charge in [0.25, 0.3) is 11.5 Å². The van der Waals surface area contributed by atoms with Crippen LogP contribution in [0.5, 0.6) is 0 Å². The van der Waals surface area contributed by atoms with Crippen LogP contribution >= 0.6 is 11.6 Å². The highest BCUT2D eigenvalue weighted by Gasteiger charge is 2.09. The summed E-state index contributed by atoms with van der Waals surface area (Å²) in [7, 11) is 0. The SMILES string of the molecule is O=C(NCc1ccc(-n2ccccc2=O)cc1)c1ccccc1CCl. The van der Waals surface area contributed by atoms with Crippen molar-refractivity contribution in [3.8, 4) is 5.69 Å². The van der Waals surface area contributed by atoms with Crippen LogP contribution in [0.2, 0.25) is 0 Å². The number of pyridine rings is 1. The second kappa shape index (κ2) is 7.81. The molecule has 2 aromatic carbocycles. The average Bonchev–Trinajstić information content (AvgIpc) is 2.67. The maximum Gasteiger partial charge on any atom is 0.255 e. The van der Waals surface area contributed by atoms with Crippen LogP contribution in [0, 0.1) is 0 Å². The molecular formula is C20H17ClN2O2. The van der Waals surface area contributed by atoms with Gasteiger partial charge in [-0.15, -0.1) is 11.6 Å². The van der Waals surface area contributed by atoms with Gasteiger partial charge >= 0.3 is 0 Å². The fraction of sp³-hybridized carbons (Fsp3) is 0.100. The molecule has 25 heavy (non-hydrogen) atoms. The van der Waals surface area contributed by atoms with Gasteiger partial charge in [-0.05, 0) is 35.4 Å². The number of rotatable bonds is 5. The number of alkyl halides is 1. The monoisotopic (exact) mass is 352 g/mol. The molecule has 0 atom stereocenters. The number of aromatic nitrogens is 1. The Hall–Kier alpha value is -2.85. The van der Waals surface area contributed by atoms with E-state index in [4.69, 9.17) is 11.6 Å². The zero-order chi connectivity index (χ0) is 17.6. The molecule has 0 saturated heterocycles. The standard InChI is InChI=1S/C20H17ClN2O2/c21-13-16-5-1-2-6-18(16)20(25)22-14-15-8-10-17(11-9-15)23-12-4-3-7-19(23)24/h1-12H,13-14H2,(H,22,25). The van der Waals surface area contributed by atoms with Crippen LogP contribution in [0.3, 0.4) is 0 Å². The van der Waals surface area contributed by atoms with E-state index >= 15 is 0 Å². The molecule has 0 bridgehead atoms. The summed E-state index contributed by atoms with van der Waals surface area (Å²) < 4.78 is 1.57. The van der Waals surface area contributed by atoms with Gasteiger partial charge in [-0.1, -0.05) is 36.4 Å². The first kappa shape index (κ1) is 17.0. The summed E-state index contributed by atoms with van der Waals surface area (Å²) >= 11 is 5.87. The summed E-state index contributed by atoms with van der Waals surface area (Å²) in [6.07, 6.45) is 1.72. The molecule has 1 N–H and O–H groups in total. The van der Waals surface area contributed by atoms with E-state index in [-0.39, 0.29) is 11.5 Å². The highest BCUT2D eigenvalue weighted by atomic mass is 35.5. The highest BCUT2D eigenvalue weighted by molar-refractivity contribution is 6.17. The lowest BCUT2D eigenvalue weighted by Gasteiger charge is -2.10. The van der Waals surface area contributed by atoms with Crippen molar-refractivity contribution < 1.29 is 4.79 Å². The van der Waals surface area contributed by atoms with Crippen molar-refractivity contribution in [3.63, 3.8) is 0 Å². The lowest BCUT2D eigenvalue weighted by atomic mass is 10.1. The number of carbonyl (C=O) groups excluding carboxylic acids is 1. The molecule has 0 aliphatic carbocycles. The molecule has 0 aliphatic heterocycles. The number of nitrogens with one attached hydrogen (secondary N) is 1. The van der Waals surface area contributed by atoms with Crippen molar-refractivity contribution in [3.05, 3.63) is 100.0 Å². The Kier molecular flexibility index (Phi) is 5.31. The van der Waals surface area contributed by atoms with Crippen LogP contribution < -0.4 is 10.9 Å². The van der Waals surface area contributed by atoms with Crippen LogP contribution in [0.15, 0.2) is 77.7 Å². The Labute approximate surface area is 150 Å². The van der Waals surface area contributed by atoms with Gasteiger partial charge < -0.3 is 5.32 Å². The number of amides is 1. The molecule has 1 heterocycles. The van der Waals surface area contributed by atoms with E-state index < -0.39 is 0 Å². The van der Waals surface area contributed by atoms with Crippen molar-refractivity contribution in [2.75, 3.05) is 0 Å². The Balaban J connectivity index is 1.69. The Morgan fingerprint density at radius 3 is 2.40 bits per heavy atom. The van der Waals surface area contributed by atoms with Gasteiger partial charge in [0.15, 0.2) is 0 Å². The van der Waals surface area contributed by atoms with Crippen molar-refractivity contribution in [1.82, 2.24) is 9.88 Å². The Morgan fingerprint density at radius 2 is 1.68 bits per heavy atom. The summed E-state index contributed by atoms with van der Waals surface area (Å²) in [5, 5.41) is 2.89. The van der Waals surface area contributed by atoms with E-state index in [1.54, 1.807) is 22.9 Å². The fourth-order valence-electron chi connectivity index (χ4n) is 2.55. The third-order valence-corrected chi connectivity index (χ3v) is 4.18. The second-order valence-electron chi connectivity index (χ2n) is 5.55. The molecule has 0 fully saturated rings. The average molecular weight is 353 g/mol. The summed E-state index contributed by atoms with van der Waals surface area (Å²) in [5.41, 5.74) is 3.05. The zero-order valence-electron chi connectivity index (χ0n) is 13.5. The first-order valence-corrected chi connectivity index (χ1v) is 8.41. The summed E-state index contributed by atoms with van der Waals surface area (Å²) in [4.78, 5) is 24.1. The van der Waals surface area contributed by atoms with Gasteiger partial charge in [-0.2, -0.15) is 0 Å². The van der Waals surface area contributed by atoms with Crippen molar-refractivity contribution in [2.45, 2.75) is 12.4 Å². The molecule has 4 nitrogen and oxygen atoms in total. The van der Waals surface area contributed by atoms with E-state index in [2.05, 4.69) is 5.32 Å². The molecule has 1 amide bonds. The highest BCUT2D eigenvalue weighted by Crippen LogP contribution is 2.12. The normalized spacial score (nSPS) is 10.4. The van der Waals surface area contributed by atoms with Crippen LogP contribution in [-0.2, 0) is 12.4 Å². The van der Waals surface area contributed by atoms with E-state index in [1.165, 1.54) is 6.07 Å². The summed E-state index contributed by atoms with van der Waals surface area (Å²) in [6.45, 7) is 0.402. The van der Waals surface area contributed by atoms with E-state index in [0.29, 0.717) is 18.0 Å². The largest absolute Gasteiger partial charge is 0.348 e. The minimum atomic E-state index is -0.153. The maximum atomic E-state index is 12.3. The molecule has 0 radical (unpaired) electrons. The molecule has 5 heteroatoms. The molecule has 1 aromatic heterocycles. The second-order valence-corrected chi connectivity index (χ2v) is 5.82. The molecular weight excluding hydrogens is 336 g/mol. The molecule has 0 unspecified atom stereocenters. The fourth-order valence-corrected chi connectivity index (χ4v) is 2.78. The van der Waals surface area contributed by atoms with E-state index in [1.807, 2.05) is 48.5 Å². The number of halogens is 1. The lowest BCUT2D eigenvalue weighted by molar-refractivity contribution is 0.0950. The van der Waals surface area contributed by atoms with Gasteiger partial charge in [0.2, 0.25) is 0 Å². The maximum absolute atomic E-state index is 12.3. The molecule has 0 aliphatic rings. The first-order chi connectivity index (χ1) is 12.2. The number of nitrogens with zero attached hydrogens (tertiary/aromatic N) is 1. The topological polar surface area (TPSA) is 51.1 Å². The quantitative estimate of drug-likeness (QED) is 0.714. The Bertz CT molecular complexity index is 933. The zero-order valence-corrected chi connectivity index (χ0v) is 14.2. The number of hydrogen-bond donors (Lipinski definition) is 1. The van der Waals surface area contributed by atoms with Crippen molar-refractivity contribution in [2.24, 2.45) is 0 Å². The number of carbonyl (C=O) groups is 1. The van der Waals surface area contributed by atoms with Crippen molar-refractivity contribution >= 4 is 17.5 Å². The third kappa shape index (κ3) is 3.98. The molecule has 3 rings (SSSR count). The van der Waals surface area contributed by atoms with Gasteiger partial charge in [0, 0.05) is 35.9 Å².